The van der Waals surface area contributed by atoms with Gasteiger partial charge in [0.2, 0.25) is 10.0 Å². The van der Waals surface area contributed by atoms with Crippen molar-refractivity contribution in [1.29, 1.82) is 0 Å². The van der Waals surface area contributed by atoms with Crippen LogP contribution in [-0.4, -0.2) is 78.8 Å². The molecule has 1 unspecified atom stereocenters. The molecule has 0 N–H and O–H groups in total. The van der Waals surface area contributed by atoms with E-state index in [1.54, 1.807) is 24.1 Å². The molecule has 0 spiro atoms. The van der Waals surface area contributed by atoms with Crippen molar-refractivity contribution in [2.24, 2.45) is 0 Å². The first-order valence-corrected chi connectivity index (χ1v) is 12.7. The molecule has 2 aromatic rings. The number of hydrogen-bond donors (Lipinski definition) is 0. The zero-order chi connectivity index (χ0) is 23.8. The van der Waals surface area contributed by atoms with Crippen LogP contribution < -0.4 is 5.69 Å². The Morgan fingerprint density at radius 1 is 1.18 bits per heavy atom. The van der Waals surface area contributed by atoms with Crippen molar-refractivity contribution in [3.05, 3.63) is 46.1 Å². The number of aromatic nitrogens is 3. The number of piperidine rings is 1. The Kier molecular flexibility index (Phi) is 6.73. The predicted molar refractivity (Wildman–Crippen MR) is 122 cm³/mol. The highest BCUT2D eigenvalue weighted by Gasteiger charge is 2.35. The van der Waals surface area contributed by atoms with Crippen LogP contribution in [0.25, 0.3) is 0 Å². The highest BCUT2D eigenvalue weighted by molar-refractivity contribution is 7.89. The molecule has 10 nitrogen and oxygen atoms in total. The number of benzene rings is 1. The first-order chi connectivity index (χ1) is 15.7. The standard InChI is InChI=1S/C22H31N5O5S/c1-24(2)33(30,31)19-10-6-16(7-11-19)21(28)25-12-4-5-17(15-25)20-23-26(13-14-32-3)22(29)27(20)18-8-9-18/h6-7,10-11,17-18H,4-5,8-9,12-15H2,1-3H3. The van der Waals surface area contributed by atoms with Crippen LogP contribution in [0.4, 0.5) is 0 Å². The zero-order valence-corrected chi connectivity index (χ0v) is 20.1. The van der Waals surface area contributed by atoms with Crippen LogP contribution in [0.3, 0.4) is 0 Å². The van der Waals surface area contributed by atoms with Crippen molar-refractivity contribution in [3.63, 3.8) is 0 Å². The summed E-state index contributed by atoms with van der Waals surface area (Å²) in [6, 6.07) is 6.24. The molecule has 0 bridgehead atoms. The number of carbonyl (C=O) groups excluding carboxylic acids is 1. The fourth-order valence-electron chi connectivity index (χ4n) is 4.25. The number of likely N-dealkylation sites (tertiary alicyclic amines) is 1. The lowest BCUT2D eigenvalue weighted by Gasteiger charge is -2.32. The third kappa shape index (κ3) is 4.75. The van der Waals surface area contributed by atoms with Crippen LogP contribution in [-0.2, 0) is 21.3 Å². The molecular weight excluding hydrogens is 446 g/mol. The maximum Gasteiger partial charge on any atom is 0.346 e. The summed E-state index contributed by atoms with van der Waals surface area (Å²) in [7, 11) is 0.991. The van der Waals surface area contributed by atoms with Gasteiger partial charge in [-0.1, -0.05) is 0 Å². The molecular formula is C22H31N5O5S. The minimum Gasteiger partial charge on any atom is -0.383 e. The second-order valence-electron chi connectivity index (χ2n) is 8.86. The third-order valence-corrected chi connectivity index (χ3v) is 8.10. The van der Waals surface area contributed by atoms with E-state index in [1.807, 2.05) is 4.57 Å². The van der Waals surface area contributed by atoms with Gasteiger partial charge in [0.05, 0.1) is 18.0 Å². The second kappa shape index (κ2) is 9.40. The number of amides is 1. The van der Waals surface area contributed by atoms with Gasteiger partial charge in [-0.2, -0.15) is 5.10 Å². The Labute approximate surface area is 193 Å². The molecule has 2 fully saturated rings. The minimum atomic E-state index is -3.55. The lowest BCUT2D eigenvalue weighted by Crippen LogP contribution is -2.40. The van der Waals surface area contributed by atoms with Crippen molar-refractivity contribution >= 4 is 15.9 Å². The largest absolute Gasteiger partial charge is 0.383 e. The van der Waals surface area contributed by atoms with Gasteiger partial charge in [-0.3, -0.25) is 9.36 Å². The Hall–Kier alpha value is -2.50. The molecule has 1 aliphatic heterocycles. The van der Waals surface area contributed by atoms with Gasteiger partial charge in [0.15, 0.2) is 0 Å². The van der Waals surface area contributed by atoms with Crippen LogP contribution in [0, 0.1) is 0 Å². The lowest BCUT2D eigenvalue weighted by molar-refractivity contribution is 0.0703. The van der Waals surface area contributed by atoms with E-state index < -0.39 is 10.0 Å². The SMILES string of the molecule is COCCn1nc(C2CCCN(C(=O)c3ccc(S(=O)(=O)N(C)C)cc3)C2)n(C2CC2)c1=O. The molecule has 1 aromatic heterocycles. The van der Waals surface area contributed by atoms with Crippen LogP contribution in [0.5, 0.6) is 0 Å². The van der Waals surface area contributed by atoms with Crippen molar-refractivity contribution in [3.8, 4) is 0 Å². The van der Waals surface area contributed by atoms with Gasteiger partial charge < -0.3 is 9.64 Å². The number of nitrogens with zero attached hydrogens (tertiary/aromatic N) is 5. The first-order valence-electron chi connectivity index (χ1n) is 11.2. The van der Waals surface area contributed by atoms with Crippen LogP contribution >= 0.6 is 0 Å². The molecule has 11 heteroatoms. The van der Waals surface area contributed by atoms with Gasteiger partial charge in [-0.25, -0.2) is 22.2 Å². The number of sulfonamides is 1. The summed E-state index contributed by atoms with van der Waals surface area (Å²) < 4.78 is 34.1. The van der Waals surface area contributed by atoms with Crippen LogP contribution in [0.1, 0.15) is 53.8 Å². The Morgan fingerprint density at radius 2 is 1.88 bits per heavy atom. The normalized spacial score (nSPS) is 19.3. The highest BCUT2D eigenvalue weighted by atomic mass is 32.2. The summed E-state index contributed by atoms with van der Waals surface area (Å²) in [6.07, 6.45) is 3.62. The number of rotatable bonds is 8. The minimum absolute atomic E-state index is 0.0202. The predicted octanol–water partition coefficient (Wildman–Crippen LogP) is 1.30. The first kappa shape index (κ1) is 23.7. The molecule has 1 saturated carbocycles. The topological polar surface area (TPSA) is 107 Å². The van der Waals surface area contributed by atoms with Gasteiger partial charge in [0.1, 0.15) is 5.82 Å². The van der Waals surface area contributed by atoms with Crippen molar-refractivity contribution in [1.82, 2.24) is 23.6 Å². The average molecular weight is 478 g/mol. The van der Waals surface area contributed by atoms with E-state index in [-0.39, 0.29) is 28.5 Å². The van der Waals surface area contributed by atoms with E-state index in [4.69, 9.17) is 4.74 Å². The maximum atomic E-state index is 13.2. The molecule has 1 amide bonds. The van der Waals surface area contributed by atoms with Crippen molar-refractivity contribution in [2.75, 3.05) is 40.9 Å². The smallest absolute Gasteiger partial charge is 0.346 e. The quantitative estimate of drug-likeness (QED) is 0.567. The van der Waals surface area contributed by atoms with E-state index in [1.165, 1.54) is 30.9 Å². The molecule has 0 radical (unpaired) electrons. The summed E-state index contributed by atoms with van der Waals surface area (Å²) in [4.78, 5) is 28.0. The Bertz CT molecular complexity index is 1160. The molecule has 180 valence electrons. The van der Waals surface area contributed by atoms with E-state index in [9.17, 15) is 18.0 Å². The maximum absolute atomic E-state index is 13.2. The third-order valence-electron chi connectivity index (χ3n) is 6.27. The second-order valence-corrected chi connectivity index (χ2v) is 11.0. The van der Waals surface area contributed by atoms with E-state index in [0.29, 0.717) is 31.8 Å². The molecule has 1 atom stereocenters. The average Bonchev–Trinajstić information content (AvgIpc) is 3.60. The van der Waals surface area contributed by atoms with Gasteiger partial charge in [0, 0.05) is 51.8 Å². The fourth-order valence-corrected chi connectivity index (χ4v) is 5.15. The Morgan fingerprint density at radius 3 is 2.48 bits per heavy atom. The van der Waals surface area contributed by atoms with Crippen molar-refractivity contribution < 1.29 is 17.9 Å². The summed E-state index contributed by atoms with van der Waals surface area (Å²) in [5.41, 5.74) is 0.337. The Balaban J connectivity index is 1.53. The van der Waals surface area contributed by atoms with E-state index in [0.717, 1.165) is 35.8 Å². The summed E-state index contributed by atoms with van der Waals surface area (Å²) in [5.74, 6) is 0.587. The molecule has 2 aliphatic rings. The summed E-state index contributed by atoms with van der Waals surface area (Å²) in [6.45, 7) is 1.91. The molecule has 4 rings (SSSR count). The number of methoxy groups -OCH3 is 1. The highest BCUT2D eigenvalue weighted by Crippen LogP contribution is 2.37. The van der Waals surface area contributed by atoms with Crippen LogP contribution in [0.15, 0.2) is 34.0 Å². The number of carbonyl (C=O) groups is 1. The van der Waals surface area contributed by atoms with E-state index in [2.05, 4.69) is 5.10 Å². The van der Waals surface area contributed by atoms with Gasteiger partial charge in [-0.05, 0) is 49.9 Å². The van der Waals surface area contributed by atoms with Gasteiger partial charge in [-0.15, -0.1) is 0 Å². The molecule has 33 heavy (non-hydrogen) atoms. The zero-order valence-electron chi connectivity index (χ0n) is 19.3. The van der Waals surface area contributed by atoms with Crippen LogP contribution in [0.2, 0.25) is 0 Å². The number of ether oxygens (including phenoxy) is 1. The molecule has 1 aliphatic carbocycles. The molecule has 2 heterocycles. The summed E-state index contributed by atoms with van der Waals surface area (Å²) in [5, 5.41) is 4.63. The summed E-state index contributed by atoms with van der Waals surface area (Å²) >= 11 is 0. The number of hydrogen-bond acceptors (Lipinski definition) is 6. The molecule has 1 saturated heterocycles. The fraction of sp³-hybridized carbons (Fsp3) is 0.591. The van der Waals surface area contributed by atoms with E-state index >= 15 is 0 Å². The van der Waals surface area contributed by atoms with Gasteiger partial charge >= 0.3 is 5.69 Å². The lowest BCUT2D eigenvalue weighted by atomic mass is 9.96. The monoisotopic (exact) mass is 477 g/mol. The van der Waals surface area contributed by atoms with Crippen molar-refractivity contribution in [2.45, 2.75) is 49.1 Å². The van der Waals surface area contributed by atoms with Gasteiger partial charge in [0.25, 0.3) is 5.91 Å². The molecule has 1 aromatic carbocycles.